The fourth-order valence-electron chi connectivity index (χ4n) is 1.40. The minimum absolute atomic E-state index is 0.0325. The van der Waals surface area contributed by atoms with E-state index in [2.05, 4.69) is 41.8 Å². The molecule has 1 heterocycles. The van der Waals surface area contributed by atoms with Crippen LogP contribution in [0.5, 0.6) is 0 Å². The number of amides is 1. The third-order valence-electron chi connectivity index (χ3n) is 2.62. The molecular formula is C13H23N3OS. The van der Waals surface area contributed by atoms with Crippen LogP contribution in [0.4, 0.5) is 0 Å². The summed E-state index contributed by atoms with van der Waals surface area (Å²) in [4.78, 5) is 16.1. The predicted molar refractivity (Wildman–Crippen MR) is 75.8 cm³/mol. The van der Waals surface area contributed by atoms with Gasteiger partial charge in [0.1, 0.15) is 5.01 Å². The number of carbonyl (C=O) groups excluding carboxylic acids is 1. The van der Waals surface area contributed by atoms with Crippen molar-refractivity contribution in [3.63, 3.8) is 0 Å². The van der Waals surface area contributed by atoms with Crippen molar-refractivity contribution >= 4 is 17.2 Å². The summed E-state index contributed by atoms with van der Waals surface area (Å²) in [5.41, 5.74) is 1.19. The zero-order chi connectivity index (χ0) is 13.8. The first-order valence-corrected chi connectivity index (χ1v) is 7.18. The van der Waals surface area contributed by atoms with Gasteiger partial charge in [-0.2, -0.15) is 0 Å². The molecule has 0 aliphatic heterocycles. The van der Waals surface area contributed by atoms with Gasteiger partial charge in [-0.25, -0.2) is 4.98 Å². The van der Waals surface area contributed by atoms with Gasteiger partial charge in [-0.05, 0) is 13.8 Å². The van der Waals surface area contributed by atoms with Crippen molar-refractivity contribution in [1.29, 1.82) is 0 Å². The van der Waals surface area contributed by atoms with E-state index in [1.807, 2.05) is 13.8 Å². The molecule has 1 aromatic heterocycles. The summed E-state index contributed by atoms with van der Waals surface area (Å²) in [6.45, 7) is 11.5. The second-order valence-electron chi connectivity index (χ2n) is 5.37. The minimum Gasteiger partial charge on any atom is -0.355 e. The van der Waals surface area contributed by atoms with E-state index in [9.17, 15) is 4.79 Å². The molecule has 0 fully saturated rings. The Balaban J connectivity index is 2.49. The molecule has 5 heteroatoms. The normalized spacial score (nSPS) is 13.4. The third-order valence-corrected chi connectivity index (χ3v) is 3.47. The zero-order valence-electron chi connectivity index (χ0n) is 11.8. The van der Waals surface area contributed by atoms with Crippen LogP contribution in [0.1, 0.15) is 45.3 Å². The largest absolute Gasteiger partial charge is 0.355 e. The van der Waals surface area contributed by atoms with E-state index in [4.69, 9.17) is 0 Å². The summed E-state index contributed by atoms with van der Waals surface area (Å²) >= 11 is 1.64. The highest BCUT2D eigenvalue weighted by atomic mass is 32.1. The van der Waals surface area contributed by atoms with Crippen molar-refractivity contribution < 1.29 is 4.79 Å². The van der Waals surface area contributed by atoms with E-state index in [1.54, 1.807) is 11.3 Å². The third kappa shape index (κ3) is 4.38. The van der Waals surface area contributed by atoms with Gasteiger partial charge in [0, 0.05) is 23.9 Å². The highest BCUT2D eigenvalue weighted by Crippen LogP contribution is 2.23. The molecule has 1 amide bonds. The molecule has 18 heavy (non-hydrogen) atoms. The molecule has 0 radical (unpaired) electrons. The minimum atomic E-state index is -0.188. The Morgan fingerprint density at radius 2 is 2.17 bits per heavy atom. The fraction of sp³-hybridized carbons (Fsp3) is 0.692. The van der Waals surface area contributed by atoms with Crippen LogP contribution in [-0.4, -0.2) is 23.5 Å². The number of hydrogen-bond acceptors (Lipinski definition) is 4. The zero-order valence-corrected chi connectivity index (χ0v) is 12.6. The van der Waals surface area contributed by atoms with E-state index in [1.165, 1.54) is 0 Å². The van der Waals surface area contributed by atoms with Crippen molar-refractivity contribution in [2.75, 3.05) is 6.54 Å². The monoisotopic (exact) mass is 269 g/mol. The van der Waals surface area contributed by atoms with E-state index in [-0.39, 0.29) is 17.4 Å². The van der Waals surface area contributed by atoms with Crippen LogP contribution in [0.25, 0.3) is 0 Å². The predicted octanol–water partition coefficient (Wildman–Crippen LogP) is 2.05. The maximum Gasteiger partial charge on any atom is 0.236 e. The molecule has 0 aliphatic carbocycles. The number of nitrogens with zero attached hydrogens (tertiary/aromatic N) is 1. The number of nitrogens with one attached hydrogen (secondary N) is 2. The number of rotatable bonds is 5. The molecule has 4 nitrogen and oxygen atoms in total. The Kier molecular flexibility index (Phi) is 5.28. The van der Waals surface area contributed by atoms with Crippen molar-refractivity contribution in [3.05, 3.63) is 16.1 Å². The summed E-state index contributed by atoms with van der Waals surface area (Å²) in [6, 6.07) is -0.188. The topological polar surface area (TPSA) is 54.0 Å². The lowest BCUT2D eigenvalue weighted by atomic mass is 9.93. The lowest BCUT2D eigenvalue weighted by molar-refractivity contribution is -0.122. The van der Waals surface area contributed by atoms with E-state index in [0.29, 0.717) is 13.1 Å². The van der Waals surface area contributed by atoms with Crippen LogP contribution in [0.2, 0.25) is 0 Å². The van der Waals surface area contributed by atoms with Gasteiger partial charge in [-0.1, -0.05) is 20.8 Å². The fourth-order valence-corrected chi connectivity index (χ4v) is 2.37. The number of likely N-dealkylation sites (N-methyl/N-ethyl adjacent to an activating group) is 1. The lowest BCUT2D eigenvalue weighted by Crippen LogP contribution is -2.41. The summed E-state index contributed by atoms with van der Waals surface area (Å²) in [5.74, 6) is 0.0325. The molecule has 0 spiro atoms. The van der Waals surface area contributed by atoms with Crippen molar-refractivity contribution in [3.8, 4) is 0 Å². The Morgan fingerprint density at radius 3 is 2.67 bits per heavy atom. The van der Waals surface area contributed by atoms with Gasteiger partial charge >= 0.3 is 0 Å². The maximum atomic E-state index is 11.5. The number of aromatic nitrogens is 1. The van der Waals surface area contributed by atoms with Gasteiger partial charge in [-0.3, -0.25) is 10.1 Å². The quantitative estimate of drug-likeness (QED) is 0.860. The Labute approximate surface area is 113 Å². The van der Waals surface area contributed by atoms with Crippen LogP contribution in [0.3, 0.4) is 0 Å². The second kappa shape index (κ2) is 6.29. The standard InChI is InChI=1S/C13H23N3OS/c1-6-14-12(17)9(2)15-7-11-16-10(8-18-11)13(3,4)5/h8-9,15H,6-7H2,1-5H3,(H,14,17). The molecule has 0 saturated carbocycles. The van der Waals surface area contributed by atoms with Gasteiger partial charge in [0.15, 0.2) is 0 Å². The Bertz CT molecular complexity index is 395. The van der Waals surface area contributed by atoms with E-state index >= 15 is 0 Å². The number of hydrogen-bond donors (Lipinski definition) is 2. The first-order chi connectivity index (χ1) is 8.34. The average molecular weight is 269 g/mol. The van der Waals surface area contributed by atoms with Gasteiger partial charge < -0.3 is 5.32 Å². The second-order valence-corrected chi connectivity index (χ2v) is 6.32. The van der Waals surface area contributed by atoms with E-state index in [0.717, 1.165) is 10.7 Å². The molecule has 0 aliphatic rings. The van der Waals surface area contributed by atoms with Crippen molar-refractivity contribution in [1.82, 2.24) is 15.6 Å². The van der Waals surface area contributed by atoms with Crippen molar-refractivity contribution in [2.45, 2.75) is 52.6 Å². The molecule has 1 unspecified atom stereocenters. The Hall–Kier alpha value is -0.940. The molecule has 0 aromatic carbocycles. The van der Waals surface area contributed by atoms with Crippen LogP contribution in [-0.2, 0) is 16.8 Å². The lowest BCUT2D eigenvalue weighted by Gasteiger charge is -2.14. The SMILES string of the molecule is CCNC(=O)C(C)NCc1nc(C(C)(C)C)cs1. The molecule has 0 saturated heterocycles. The molecule has 1 rings (SSSR count). The number of thiazole rings is 1. The molecule has 1 atom stereocenters. The van der Waals surface area contributed by atoms with Gasteiger partial charge in [-0.15, -0.1) is 11.3 Å². The molecule has 2 N–H and O–H groups in total. The van der Waals surface area contributed by atoms with Crippen LogP contribution >= 0.6 is 11.3 Å². The summed E-state index contributed by atoms with van der Waals surface area (Å²) < 4.78 is 0. The van der Waals surface area contributed by atoms with Crippen LogP contribution in [0, 0.1) is 0 Å². The molecule has 1 aromatic rings. The van der Waals surface area contributed by atoms with E-state index < -0.39 is 0 Å². The Morgan fingerprint density at radius 1 is 1.50 bits per heavy atom. The number of carbonyl (C=O) groups is 1. The smallest absolute Gasteiger partial charge is 0.236 e. The average Bonchev–Trinajstić information content (AvgIpc) is 2.74. The van der Waals surface area contributed by atoms with Crippen LogP contribution < -0.4 is 10.6 Å². The maximum absolute atomic E-state index is 11.5. The highest BCUT2D eigenvalue weighted by molar-refractivity contribution is 7.09. The summed E-state index contributed by atoms with van der Waals surface area (Å²) in [6.07, 6.45) is 0. The molecule has 102 valence electrons. The van der Waals surface area contributed by atoms with Gasteiger partial charge in [0.05, 0.1) is 11.7 Å². The summed E-state index contributed by atoms with van der Waals surface area (Å²) in [5, 5.41) is 9.09. The van der Waals surface area contributed by atoms with Crippen molar-refractivity contribution in [2.24, 2.45) is 0 Å². The first kappa shape index (κ1) is 15.1. The van der Waals surface area contributed by atoms with Gasteiger partial charge in [0.25, 0.3) is 0 Å². The molecule has 0 bridgehead atoms. The summed E-state index contributed by atoms with van der Waals surface area (Å²) in [7, 11) is 0. The molecular weight excluding hydrogens is 246 g/mol. The highest BCUT2D eigenvalue weighted by Gasteiger charge is 2.18. The van der Waals surface area contributed by atoms with Gasteiger partial charge in [0.2, 0.25) is 5.91 Å². The van der Waals surface area contributed by atoms with Crippen LogP contribution in [0.15, 0.2) is 5.38 Å². The first-order valence-electron chi connectivity index (χ1n) is 6.30.